The van der Waals surface area contributed by atoms with Gasteiger partial charge in [-0.2, -0.15) is 0 Å². The lowest BCUT2D eigenvalue weighted by Crippen LogP contribution is -2.23. The maximum absolute atomic E-state index is 5.32. The molecule has 5 nitrogen and oxygen atoms in total. The third kappa shape index (κ3) is 3.76. The summed E-state index contributed by atoms with van der Waals surface area (Å²) in [6, 6.07) is 6.25. The van der Waals surface area contributed by atoms with E-state index < -0.39 is 0 Å². The van der Waals surface area contributed by atoms with E-state index in [1.807, 2.05) is 36.1 Å². The molecule has 0 aliphatic heterocycles. The maximum Gasteiger partial charge on any atom is 0.160 e. The average molecular weight is 289 g/mol. The van der Waals surface area contributed by atoms with Crippen LogP contribution in [0.5, 0.6) is 11.5 Å². The van der Waals surface area contributed by atoms with Crippen LogP contribution in [-0.4, -0.2) is 30.3 Å². The second kappa shape index (κ2) is 7.13. The smallest absolute Gasteiger partial charge is 0.160 e. The number of aromatic nitrogens is 2. The minimum absolute atomic E-state index is 0.227. The summed E-state index contributed by atoms with van der Waals surface area (Å²) in [5.74, 6) is 2.57. The second-order valence-corrected chi connectivity index (χ2v) is 5.01. The zero-order chi connectivity index (χ0) is 15.2. The molecule has 0 fully saturated rings. The van der Waals surface area contributed by atoms with Crippen LogP contribution in [0.15, 0.2) is 30.6 Å². The lowest BCUT2D eigenvalue weighted by Gasteiger charge is -2.14. The number of aryl methyl sites for hydroxylation is 1. The van der Waals surface area contributed by atoms with E-state index in [0.717, 1.165) is 30.3 Å². The third-order valence-electron chi connectivity index (χ3n) is 3.56. The third-order valence-corrected chi connectivity index (χ3v) is 3.56. The van der Waals surface area contributed by atoms with Crippen molar-refractivity contribution in [3.63, 3.8) is 0 Å². The first kappa shape index (κ1) is 15.4. The number of nitrogens with zero attached hydrogens (tertiary/aromatic N) is 2. The number of nitrogens with one attached hydrogen (secondary N) is 1. The highest BCUT2D eigenvalue weighted by atomic mass is 16.5. The van der Waals surface area contributed by atoms with Crippen LogP contribution in [0.2, 0.25) is 0 Å². The van der Waals surface area contributed by atoms with Gasteiger partial charge in [-0.15, -0.1) is 0 Å². The standard InChI is InChI=1S/C16H23N3O2/c1-12(16-18-9-10-19(16)2)17-8-7-13-5-6-14(20-3)15(11-13)21-4/h5-6,9-12,17H,7-8H2,1-4H3. The molecule has 114 valence electrons. The Labute approximate surface area is 125 Å². The Balaban J connectivity index is 1.90. The van der Waals surface area contributed by atoms with E-state index in [1.54, 1.807) is 14.2 Å². The second-order valence-electron chi connectivity index (χ2n) is 5.01. The number of ether oxygens (including phenoxy) is 2. The molecule has 1 unspecified atom stereocenters. The highest BCUT2D eigenvalue weighted by Gasteiger charge is 2.09. The fraction of sp³-hybridized carbons (Fsp3) is 0.438. The van der Waals surface area contributed by atoms with E-state index >= 15 is 0 Å². The van der Waals surface area contributed by atoms with Crippen molar-refractivity contribution >= 4 is 0 Å². The number of rotatable bonds is 7. The van der Waals surface area contributed by atoms with Gasteiger partial charge in [0.05, 0.1) is 20.3 Å². The topological polar surface area (TPSA) is 48.3 Å². The average Bonchev–Trinajstić information content (AvgIpc) is 2.93. The van der Waals surface area contributed by atoms with Crippen LogP contribution in [0, 0.1) is 0 Å². The van der Waals surface area contributed by atoms with E-state index in [-0.39, 0.29) is 6.04 Å². The van der Waals surface area contributed by atoms with Gasteiger partial charge in [-0.05, 0) is 37.6 Å². The van der Waals surface area contributed by atoms with Crippen LogP contribution in [0.1, 0.15) is 24.4 Å². The van der Waals surface area contributed by atoms with Crippen LogP contribution in [-0.2, 0) is 13.5 Å². The Morgan fingerprint density at radius 1 is 1.24 bits per heavy atom. The Kier molecular flexibility index (Phi) is 5.22. The highest BCUT2D eigenvalue weighted by molar-refractivity contribution is 5.42. The van der Waals surface area contributed by atoms with Crippen LogP contribution in [0.25, 0.3) is 0 Å². The van der Waals surface area contributed by atoms with Gasteiger partial charge in [0.15, 0.2) is 11.5 Å². The molecule has 0 bridgehead atoms. The SMILES string of the molecule is COc1ccc(CCNC(C)c2nccn2C)cc1OC. The first-order chi connectivity index (χ1) is 10.2. The Morgan fingerprint density at radius 3 is 2.62 bits per heavy atom. The van der Waals surface area contributed by atoms with Gasteiger partial charge >= 0.3 is 0 Å². The molecular weight excluding hydrogens is 266 g/mol. The lowest BCUT2D eigenvalue weighted by atomic mass is 10.1. The molecule has 1 heterocycles. The van der Waals surface area contributed by atoms with Crippen LogP contribution >= 0.6 is 0 Å². The molecule has 1 aromatic carbocycles. The molecule has 0 aliphatic carbocycles. The zero-order valence-corrected chi connectivity index (χ0v) is 13.1. The molecular formula is C16H23N3O2. The van der Waals surface area contributed by atoms with E-state index in [4.69, 9.17) is 9.47 Å². The number of methoxy groups -OCH3 is 2. The first-order valence-corrected chi connectivity index (χ1v) is 7.07. The van der Waals surface area contributed by atoms with E-state index in [1.165, 1.54) is 5.56 Å². The number of hydrogen-bond acceptors (Lipinski definition) is 4. The van der Waals surface area contributed by atoms with Crippen molar-refractivity contribution in [2.24, 2.45) is 7.05 Å². The van der Waals surface area contributed by atoms with Gasteiger partial charge in [-0.3, -0.25) is 0 Å². The summed E-state index contributed by atoms with van der Waals surface area (Å²) in [5.41, 5.74) is 1.21. The molecule has 1 atom stereocenters. The van der Waals surface area contributed by atoms with E-state index in [0.29, 0.717) is 0 Å². The fourth-order valence-corrected chi connectivity index (χ4v) is 2.35. The molecule has 1 aromatic heterocycles. The van der Waals surface area contributed by atoms with Gasteiger partial charge in [0.1, 0.15) is 5.82 Å². The molecule has 0 radical (unpaired) electrons. The van der Waals surface area contributed by atoms with Crippen molar-refractivity contribution in [2.45, 2.75) is 19.4 Å². The minimum atomic E-state index is 0.227. The number of hydrogen-bond donors (Lipinski definition) is 1. The first-order valence-electron chi connectivity index (χ1n) is 7.07. The van der Waals surface area contributed by atoms with Crippen LogP contribution < -0.4 is 14.8 Å². The fourth-order valence-electron chi connectivity index (χ4n) is 2.35. The van der Waals surface area contributed by atoms with Crippen molar-refractivity contribution in [1.82, 2.24) is 14.9 Å². The summed E-state index contributed by atoms with van der Waals surface area (Å²) in [5, 5.41) is 3.49. The van der Waals surface area contributed by atoms with Gasteiger partial charge in [0, 0.05) is 19.4 Å². The number of imidazole rings is 1. The summed E-state index contributed by atoms with van der Waals surface area (Å²) < 4.78 is 12.6. The van der Waals surface area contributed by atoms with E-state index in [9.17, 15) is 0 Å². The van der Waals surface area contributed by atoms with Gasteiger partial charge in [-0.1, -0.05) is 6.07 Å². The monoisotopic (exact) mass is 289 g/mol. The zero-order valence-electron chi connectivity index (χ0n) is 13.1. The summed E-state index contributed by atoms with van der Waals surface area (Å²) >= 11 is 0. The van der Waals surface area contributed by atoms with Gasteiger partial charge < -0.3 is 19.4 Å². The number of benzene rings is 1. The molecule has 1 N–H and O–H groups in total. The van der Waals surface area contributed by atoms with Crippen molar-refractivity contribution < 1.29 is 9.47 Å². The largest absolute Gasteiger partial charge is 0.493 e. The summed E-state index contributed by atoms with van der Waals surface area (Å²) in [4.78, 5) is 4.36. The quantitative estimate of drug-likeness (QED) is 0.850. The Hall–Kier alpha value is -2.01. The molecule has 2 rings (SSSR count). The predicted octanol–water partition coefficient (Wildman–Crippen LogP) is 2.33. The summed E-state index contributed by atoms with van der Waals surface area (Å²) in [7, 11) is 5.31. The Morgan fingerprint density at radius 2 is 2.00 bits per heavy atom. The summed E-state index contributed by atoms with van der Waals surface area (Å²) in [6.07, 6.45) is 4.71. The normalized spacial score (nSPS) is 12.2. The van der Waals surface area contributed by atoms with Crippen LogP contribution in [0.4, 0.5) is 0 Å². The lowest BCUT2D eigenvalue weighted by molar-refractivity contribution is 0.354. The highest BCUT2D eigenvalue weighted by Crippen LogP contribution is 2.27. The van der Waals surface area contributed by atoms with Crippen LogP contribution in [0.3, 0.4) is 0 Å². The predicted molar refractivity (Wildman–Crippen MR) is 82.9 cm³/mol. The van der Waals surface area contributed by atoms with Gasteiger partial charge in [-0.25, -0.2) is 4.98 Å². The summed E-state index contributed by atoms with van der Waals surface area (Å²) in [6.45, 7) is 3.00. The van der Waals surface area contributed by atoms with Crippen molar-refractivity contribution in [3.8, 4) is 11.5 Å². The molecule has 0 saturated carbocycles. The van der Waals surface area contributed by atoms with Gasteiger partial charge in [0.2, 0.25) is 0 Å². The molecule has 0 aliphatic rings. The molecule has 5 heteroatoms. The molecule has 2 aromatic rings. The van der Waals surface area contributed by atoms with E-state index in [2.05, 4.69) is 23.3 Å². The van der Waals surface area contributed by atoms with Crippen molar-refractivity contribution in [3.05, 3.63) is 42.0 Å². The molecule has 0 spiro atoms. The van der Waals surface area contributed by atoms with Crippen molar-refractivity contribution in [2.75, 3.05) is 20.8 Å². The minimum Gasteiger partial charge on any atom is -0.493 e. The van der Waals surface area contributed by atoms with Gasteiger partial charge in [0.25, 0.3) is 0 Å². The van der Waals surface area contributed by atoms with Crippen molar-refractivity contribution in [1.29, 1.82) is 0 Å². The Bertz CT molecular complexity index is 581. The molecule has 21 heavy (non-hydrogen) atoms. The maximum atomic E-state index is 5.32. The molecule has 0 saturated heterocycles. The molecule has 0 amide bonds.